The first-order valence-electron chi connectivity index (χ1n) is 8.57. The largest absolute Gasteiger partial charge is 0.497 e. The molecule has 1 aliphatic rings. The number of rotatable bonds is 3. The number of fused-ring (bicyclic) bond motifs is 1. The second-order valence-corrected chi connectivity index (χ2v) is 6.27. The van der Waals surface area contributed by atoms with Gasteiger partial charge in [-0.25, -0.2) is 0 Å². The molecule has 0 atom stereocenters. The first-order chi connectivity index (χ1) is 12.3. The molecule has 3 heteroatoms. The van der Waals surface area contributed by atoms with Crippen LogP contribution in [0.3, 0.4) is 0 Å². The zero-order valence-corrected chi connectivity index (χ0v) is 14.5. The molecule has 0 aromatic heterocycles. The monoisotopic (exact) mass is 325 g/mol. The van der Waals surface area contributed by atoms with E-state index in [9.17, 15) is 0 Å². The molecule has 0 radical (unpaired) electrons. The molecule has 1 aliphatic heterocycles. The van der Waals surface area contributed by atoms with Gasteiger partial charge in [-0.15, -0.1) is 0 Å². The van der Waals surface area contributed by atoms with Crippen LogP contribution in [0.15, 0.2) is 78.9 Å². The van der Waals surface area contributed by atoms with E-state index in [1.807, 2.05) is 6.07 Å². The maximum atomic E-state index is 5.42. The van der Waals surface area contributed by atoms with E-state index in [2.05, 4.69) is 90.5 Å². The number of methoxy groups -OCH3 is 1. The second-order valence-electron chi connectivity index (χ2n) is 6.27. The number of para-hydroxylation sites is 2. The summed E-state index contributed by atoms with van der Waals surface area (Å²) in [6, 6.07) is 27.4. The fourth-order valence-electron chi connectivity index (χ4n) is 3.54. The number of hydrogen-bond donors (Lipinski definition) is 0. The van der Waals surface area contributed by atoms with Crippen molar-refractivity contribution in [2.24, 2.45) is 0 Å². The van der Waals surface area contributed by atoms with Gasteiger partial charge in [0.1, 0.15) is 5.75 Å². The molecular formula is C22H20BNO. The normalized spacial score (nSPS) is 13.3. The van der Waals surface area contributed by atoms with Crippen molar-refractivity contribution in [3.05, 3.63) is 90.0 Å². The second kappa shape index (κ2) is 6.52. The standard InChI is InChI=1S/C22H20BNO/c1-23-21(17-10-8-13-20(15-17)25-2)16-18-9-6-7-14-22(18)24(23)19-11-4-3-5-12-19/h3-16H,1-2H3. The van der Waals surface area contributed by atoms with Crippen LogP contribution in [-0.2, 0) is 0 Å². The van der Waals surface area contributed by atoms with E-state index >= 15 is 0 Å². The molecule has 0 N–H and O–H groups in total. The summed E-state index contributed by atoms with van der Waals surface area (Å²) in [5, 5.41) is 0. The zero-order chi connectivity index (χ0) is 17.2. The minimum Gasteiger partial charge on any atom is -0.497 e. The molecular weight excluding hydrogens is 305 g/mol. The predicted molar refractivity (Wildman–Crippen MR) is 108 cm³/mol. The molecule has 0 amide bonds. The van der Waals surface area contributed by atoms with Gasteiger partial charge >= 0.3 is 0 Å². The van der Waals surface area contributed by atoms with Crippen LogP contribution in [0, 0.1) is 0 Å². The number of ether oxygens (including phenoxy) is 1. The predicted octanol–water partition coefficient (Wildman–Crippen LogP) is 5.55. The van der Waals surface area contributed by atoms with Gasteiger partial charge in [-0.2, -0.15) is 0 Å². The van der Waals surface area contributed by atoms with Crippen LogP contribution in [-0.4, -0.2) is 14.0 Å². The number of anilines is 2. The summed E-state index contributed by atoms with van der Waals surface area (Å²) in [5.41, 5.74) is 6.18. The summed E-state index contributed by atoms with van der Waals surface area (Å²) < 4.78 is 5.42. The quantitative estimate of drug-likeness (QED) is 0.586. The Morgan fingerprint density at radius 2 is 1.60 bits per heavy atom. The van der Waals surface area contributed by atoms with Gasteiger partial charge in [-0.3, -0.25) is 0 Å². The Labute approximate surface area is 149 Å². The first kappa shape index (κ1) is 15.6. The number of nitrogens with zero attached hydrogens (tertiary/aromatic N) is 1. The van der Waals surface area contributed by atoms with Crippen LogP contribution in [0.25, 0.3) is 11.5 Å². The summed E-state index contributed by atoms with van der Waals surface area (Å²) in [6.07, 6.45) is 2.30. The van der Waals surface area contributed by atoms with Crippen LogP contribution in [0.2, 0.25) is 6.82 Å². The SMILES string of the molecule is COc1cccc(C2=Cc3ccccc3N(c3ccccc3)B2C)c1. The lowest BCUT2D eigenvalue weighted by Crippen LogP contribution is -2.36. The molecule has 25 heavy (non-hydrogen) atoms. The van der Waals surface area contributed by atoms with Crippen molar-refractivity contribution in [2.45, 2.75) is 6.82 Å². The Morgan fingerprint density at radius 1 is 0.840 bits per heavy atom. The molecule has 0 aliphatic carbocycles. The van der Waals surface area contributed by atoms with Gasteiger partial charge in [0.2, 0.25) is 0 Å². The van der Waals surface area contributed by atoms with Crippen molar-refractivity contribution in [2.75, 3.05) is 11.9 Å². The molecule has 4 rings (SSSR count). The molecule has 1 heterocycles. The first-order valence-corrected chi connectivity index (χ1v) is 8.57. The van der Waals surface area contributed by atoms with Gasteiger partial charge in [0.25, 0.3) is 6.85 Å². The Hall–Kier alpha value is -2.94. The molecule has 0 bridgehead atoms. The Morgan fingerprint density at radius 3 is 2.40 bits per heavy atom. The van der Waals surface area contributed by atoms with Crippen molar-refractivity contribution in [3.8, 4) is 5.75 Å². The van der Waals surface area contributed by atoms with E-state index in [0.29, 0.717) is 0 Å². The molecule has 0 unspecified atom stereocenters. The van der Waals surface area contributed by atoms with Crippen LogP contribution < -0.4 is 9.55 Å². The van der Waals surface area contributed by atoms with Crippen molar-refractivity contribution < 1.29 is 4.74 Å². The minimum atomic E-state index is 0.226. The summed E-state index contributed by atoms with van der Waals surface area (Å²) in [5.74, 6) is 0.885. The highest BCUT2D eigenvalue weighted by molar-refractivity contribution is 6.84. The fourth-order valence-corrected chi connectivity index (χ4v) is 3.54. The zero-order valence-electron chi connectivity index (χ0n) is 14.5. The Bertz CT molecular complexity index is 920. The molecule has 2 nitrogen and oxygen atoms in total. The van der Waals surface area contributed by atoms with Gasteiger partial charge in [0.15, 0.2) is 0 Å². The summed E-state index contributed by atoms with van der Waals surface area (Å²) in [7, 11) is 1.71. The van der Waals surface area contributed by atoms with Crippen molar-refractivity contribution in [1.82, 2.24) is 0 Å². The van der Waals surface area contributed by atoms with E-state index in [-0.39, 0.29) is 6.85 Å². The third-order valence-electron chi connectivity index (χ3n) is 4.78. The van der Waals surface area contributed by atoms with Crippen LogP contribution >= 0.6 is 0 Å². The van der Waals surface area contributed by atoms with E-state index in [4.69, 9.17) is 4.74 Å². The fraction of sp³-hybridized carbons (Fsp3) is 0.0909. The van der Waals surface area contributed by atoms with Gasteiger partial charge in [0, 0.05) is 11.4 Å². The maximum absolute atomic E-state index is 5.42. The summed E-state index contributed by atoms with van der Waals surface area (Å²) in [6.45, 7) is 2.48. The average molecular weight is 325 g/mol. The number of benzene rings is 3. The lowest BCUT2D eigenvalue weighted by Gasteiger charge is -2.36. The maximum Gasteiger partial charge on any atom is 0.291 e. The van der Waals surface area contributed by atoms with Crippen molar-refractivity contribution in [3.63, 3.8) is 0 Å². The average Bonchev–Trinajstić information content (AvgIpc) is 2.68. The number of hydrogen-bond acceptors (Lipinski definition) is 2. The molecule has 0 saturated carbocycles. The van der Waals surface area contributed by atoms with Crippen LogP contribution in [0.4, 0.5) is 11.4 Å². The highest BCUT2D eigenvalue weighted by Crippen LogP contribution is 2.40. The van der Waals surface area contributed by atoms with E-state index < -0.39 is 0 Å². The van der Waals surface area contributed by atoms with Gasteiger partial charge in [0.05, 0.1) is 7.11 Å². The van der Waals surface area contributed by atoms with Crippen LogP contribution in [0.5, 0.6) is 5.75 Å². The lowest BCUT2D eigenvalue weighted by atomic mass is 9.51. The third kappa shape index (κ3) is 2.82. The molecule has 0 spiro atoms. The highest BCUT2D eigenvalue weighted by atomic mass is 16.5. The third-order valence-corrected chi connectivity index (χ3v) is 4.78. The van der Waals surface area contributed by atoms with Gasteiger partial charge in [-0.1, -0.05) is 61.4 Å². The van der Waals surface area contributed by atoms with E-state index in [1.54, 1.807) is 7.11 Å². The molecule has 0 saturated heterocycles. The van der Waals surface area contributed by atoms with Gasteiger partial charge in [-0.05, 0) is 46.9 Å². The van der Waals surface area contributed by atoms with Crippen LogP contribution in [0.1, 0.15) is 11.1 Å². The Kier molecular flexibility index (Phi) is 4.06. The van der Waals surface area contributed by atoms with E-state index in [1.165, 1.54) is 28.0 Å². The smallest absolute Gasteiger partial charge is 0.291 e. The summed E-state index contributed by atoms with van der Waals surface area (Å²) in [4.78, 5) is 2.41. The molecule has 3 aromatic carbocycles. The van der Waals surface area contributed by atoms with Crippen molar-refractivity contribution >= 4 is 29.8 Å². The molecule has 122 valence electrons. The highest BCUT2D eigenvalue weighted by Gasteiger charge is 2.30. The molecule has 3 aromatic rings. The van der Waals surface area contributed by atoms with Crippen molar-refractivity contribution in [1.29, 1.82) is 0 Å². The summed E-state index contributed by atoms with van der Waals surface area (Å²) >= 11 is 0. The van der Waals surface area contributed by atoms with Gasteiger partial charge < -0.3 is 9.55 Å². The Balaban J connectivity index is 1.88. The molecule has 0 fully saturated rings. The topological polar surface area (TPSA) is 12.5 Å². The van der Waals surface area contributed by atoms with E-state index in [0.717, 1.165) is 5.75 Å². The minimum absolute atomic E-state index is 0.226. The lowest BCUT2D eigenvalue weighted by molar-refractivity contribution is 0.414.